The van der Waals surface area contributed by atoms with Crippen LogP contribution in [0.4, 0.5) is 20.7 Å². The van der Waals surface area contributed by atoms with Crippen LogP contribution in [0.25, 0.3) is 10.8 Å². The topological polar surface area (TPSA) is 125 Å². The lowest BCUT2D eigenvalue weighted by molar-refractivity contribution is -0.140. The van der Waals surface area contributed by atoms with Gasteiger partial charge in [-0.15, -0.1) is 12.6 Å². The van der Waals surface area contributed by atoms with Crippen LogP contribution < -0.4 is 25.3 Å². The molecule has 0 aliphatic carbocycles. The smallest absolute Gasteiger partial charge is 0.411 e. The Morgan fingerprint density at radius 1 is 1.07 bits per heavy atom. The Morgan fingerprint density at radius 2 is 1.84 bits per heavy atom. The number of halogens is 1. The lowest BCUT2D eigenvalue weighted by atomic mass is 10.0. The number of nitrogen functional groups attached to an aromatic ring is 1. The summed E-state index contributed by atoms with van der Waals surface area (Å²) in [5.41, 5.74) is 7.21. The maximum Gasteiger partial charge on any atom is 0.411 e. The van der Waals surface area contributed by atoms with Crippen molar-refractivity contribution < 1.29 is 32.9 Å². The van der Waals surface area contributed by atoms with Crippen molar-refractivity contribution in [2.45, 2.75) is 29.9 Å². The molecule has 4 aromatic rings. The monoisotopic (exact) mass is 606 g/mol. The molecule has 3 aromatic carbocycles. The Balaban J connectivity index is 1.56. The van der Waals surface area contributed by atoms with Gasteiger partial charge in [-0.1, -0.05) is 0 Å². The second kappa shape index (κ2) is 12.7. The van der Waals surface area contributed by atoms with Gasteiger partial charge in [-0.25, -0.2) is 14.2 Å². The van der Waals surface area contributed by atoms with Crippen LogP contribution in [0.3, 0.4) is 0 Å². The van der Waals surface area contributed by atoms with E-state index in [1.54, 1.807) is 53.6 Å². The molecule has 224 valence electrons. The molecule has 1 fully saturated rings. The highest BCUT2D eigenvalue weighted by Crippen LogP contribution is 2.41. The van der Waals surface area contributed by atoms with E-state index >= 15 is 4.39 Å². The summed E-state index contributed by atoms with van der Waals surface area (Å²) in [5.74, 6) is -0.0381. The Bertz CT molecular complexity index is 1690. The number of carbonyl (C=O) groups is 2. The Kier molecular flexibility index (Phi) is 8.76. The predicted molar refractivity (Wildman–Crippen MR) is 162 cm³/mol. The summed E-state index contributed by atoms with van der Waals surface area (Å²) in [4.78, 5) is 32.6. The summed E-state index contributed by atoms with van der Waals surface area (Å²) in [6, 6.07) is 14.3. The van der Waals surface area contributed by atoms with E-state index in [4.69, 9.17) is 24.7 Å². The zero-order valence-electron chi connectivity index (χ0n) is 23.8. The van der Waals surface area contributed by atoms with Gasteiger partial charge in [0.05, 0.1) is 27.4 Å². The van der Waals surface area contributed by atoms with Crippen LogP contribution in [0.5, 0.6) is 17.2 Å². The van der Waals surface area contributed by atoms with Crippen LogP contribution in [0.1, 0.15) is 36.1 Å². The molecule has 12 heteroatoms. The SMILES string of the molecule is COC(=O)Nc1ccc(S)c([C@H]2CCCN2C(=O)[C@H](Oc2ccc3c(N)nccc3c2)c2cc(OC)c(OC)cc2F)c1. The summed E-state index contributed by atoms with van der Waals surface area (Å²) < 4.78 is 37.4. The van der Waals surface area contributed by atoms with E-state index in [0.717, 1.165) is 16.3 Å². The van der Waals surface area contributed by atoms with Crippen LogP contribution >= 0.6 is 12.6 Å². The number of rotatable bonds is 8. The lowest BCUT2D eigenvalue weighted by Crippen LogP contribution is -2.37. The van der Waals surface area contributed by atoms with Gasteiger partial charge in [0.25, 0.3) is 5.91 Å². The van der Waals surface area contributed by atoms with Gasteiger partial charge in [0.2, 0.25) is 6.10 Å². The van der Waals surface area contributed by atoms with Crippen LogP contribution in [0.2, 0.25) is 0 Å². The average molecular weight is 607 g/mol. The van der Waals surface area contributed by atoms with Crippen molar-refractivity contribution in [2.24, 2.45) is 0 Å². The summed E-state index contributed by atoms with van der Waals surface area (Å²) >= 11 is 4.63. The number of amides is 2. The Hall–Kier alpha value is -4.71. The van der Waals surface area contributed by atoms with E-state index in [9.17, 15) is 9.59 Å². The molecule has 0 radical (unpaired) electrons. The molecule has 1 saturated heterocycles. The zero-order valence-corrected chi connectivity index (χ0v) is 24.7. The van der Waals surface area contributed by atoms with Crippen LogP contribution in [-0.4, -0.2) is 49.8 Å². The van der Waals surface area contributed by atoms with Crippen LogP contribution in [-0.2, 0) is 9.53 Å². The van der Waals surface area contributed by atoms with Gasteiger partial charge in [0.15, 0.2) is 11.5 Å². The minimum Gasteiger partial charge on any atom is -0.493 e. The number of hydrogen-bond acceptors (Lipinski definition) is 9. The first-order valence-electron chi connectivity index (χ1n) is 13.4. The third-order valence-electron chi connectivity index (χ3n) is 7.38. The largest absolute Gasteiger partial charge is 0.493 e. The number of nitrogens with zero attached hydrogens (tertiary/aromatic N) is 2. The lowest BCUT2D eigenvalue weighted by Gasteiger charge is -2.31. The number of benzene rings is 3. The molecule has 0 unspecified atom stereocenters. The van der Waals surface area contributed by atoms with E-state index in [-0.39, 0.29) is 17.1 Å². The number of methoxy groups -OCH3 is 3. The first kappa shape index (κ1) is 29.8. The van der Waals surface area contributed by atoms with Crippen LogP contribution in [0.15, 0.2) is 65.7 Å². The van der Waals surface area contributed by atoms with Gasteiger partial charge in [0, 0.05) is 40.3 Å². The Morgan fingerprint density at radius 3 is 2.58 bits per heavy atom. The highest BCUT2D eigenvalue weighted by molar-refractivity contribution is 7.80. The number of aromatic nitrogens is 1. The molecule has 2 atom stereocenters. The van der Waals surface area contributed by atoms with Crippen LogP contribution in [0, 0.1) is 5.82 Å². The second-order valence-electron chi connectivity index (χ2n) is 9.89. The van der Waals surface area contributed by atoms with E-state index < -0.39 is 30.0 Å². The number of pyridine rings is 1. The molecule has 2 heterocycles. The van der Waals surface area contributed by atoms with Crippen molar-refractivity contribution in [1.82, 2.24) is 9.88 Å². The van der Waals surface area contributed by atoms with Gasteiger partial charge in [-0.05, 0) is 72.3 Å². The van der Waals surface area contributed by atoms with Crippen molar-refractivity contribution in [3.63, 3.8) is 0 Å². The minimum absolute atomic E-state index is 0.0187. The standard InChI is InChI=1S/C31H31FN4O6S/c1-39-25-15-21(23(32)16-26(25)40-2)28(42-19-7-8-20-17(13-19)10-11-34-29(20)33)30(37)36-12-4-5-24(36)22-14-18(6-9-27(22)43)35-31(38)41-3/h6-11,13-16,24,28,43H,4-5,12H2,1-3H3,(H2,33,34)(H,35,38)/t24-,28-/m1/s1. The summed E-state index contributed by atoms with van der Waals surface area (Å²) in [6.07, 6.45) is 0.899. The van der Waals surface area contributed by atoms with Crippen molar-refractivity contribution in [3.05, 3.63) is 77.7 Å². The fraction of sp³-hybridized carbons (Fsp3) is 0.258. The molecule has 0 spiro atoms. The van der Waals surface area contributed by atoms with E-state index in [2.05, 4.69) is 22.9 Å². The molecule has 1 aliphatic heterocycles. The molecule has 0 saturated carbocycles. The molecular formula is C31H31FN4O6S. The number of nitrogens with one attached hydrogen (secondary N) is 1. The number of hydrogen-bond donors (Lipinski definition) is 3. The molecule has 1 aromatic heterocycles. The molecule has 0 bridgehead atoms. The molecule has 10 nitrogen and oxygen atoms in total. The van der Waals surface area contributed by atoms with Gasteiger partial charge in [-0.3, -0.25) is 10.1 Å². The average Bonchev–Trinajstić information content (AvgIpc) is 3.50. The van der Waals surface area contributed by atoms with Crippen molar-refractivity contribution >= 4 is 46.9 Å². The van der Waals surface area contributed by atoms with Crippen molar-refractivity contribution in [2.75, 3.05) is 38.9 Å². The number of likely N-dealkylation sites (tertiary alicyclic amines) is 1. The number of carbonyl (C=O) groups excluding carboxylic acids is 2. The first-order chi connectivity index (χ1) is 20.7. The van der Waals surface area contributed by atoms with Crippen molar-refractivity contribution in [3.8, 4) is 17.2 Å². The normalized spacial score (nSPS) is 15.2. The molecule has 2 amide bonds. The molecular weight excluding hydrogens is 575 g/mol. The highest BCUT2D eigenvalue weighted by Gasteiger charge is 2.38. The number of thiol groups is 1. The first-order valence-corrected chi connectivity index (χ1v) is 13.9. The molecule has 3 N–H and O–H groups in total. The fourth-order valence-corrected chi connectivity index (χ4v) is 5.57. The third kappa shape index (κ3) is 6.09. The Labute approximate surface area is 253 Å². The van der Waals surface area contributed by atoms with E-state index in [1.807, 2.05) is 0 Å². The number of nitrogens with two attached hydrogens (primary N) is 1. The zero-order chi connectivity index (χ0) is 30.7. The van der Waals surface area contributed by atoms with Gasteiger partial charge >= 0.3 is 6.09 Å². The molecule has 5 rings (SSSR count). The third-order valence-corrected chi connectivity index (χ3v) is 7.79. The summed E-state index contributed by atoms with van der Waals surface area (Å²) in [6.45, 7) is 0.403. The quantitative estimate of drug-likeness (QED) is 0.211. The second-order valence-corrected chi connectivity index (χ2v) is 10.4. The molecule has 1 aliphatic rings. The van der Waals surface area contributed by atoms with E-state index in [1.165, 1.54) is 33.5 Å². The minimum atomic E-state index is -1.38. The van der Waals surface area contributed by atoms with Gasteiger partial charge in [-0.2, -0.15) is 0 Å². The summed E-state index contributed by atoms with van der Waals surface area (Å²) in [5, 5.41) is 4.11. The van der Waals surface area contributed by atoms with Crippen molar-refractivity contribution in [1.29, 1.82) is 0 Å². The van der Waals surface area contributed by atoms with E-state index in [0.29, 0.717) is 41.5 Å². The molecule has 43 heavy (non-hydrogen) atoms. The number of fused-ring (bicyclic) bond motifs is 1. The predicted octanol–water partition coefficient (Wildman–Crippen LogP) is 5.92. The fourth-order valence-electron chi connectivity index (χ4n) is 5.28. The number of anilines is 2. The van der Waals surface area contributed by atoms with Gasteiger partial charge < -0.3 is 29.6 Å². The summed E-state index contributed by atoms with van der Waals surface area (Å²) in [7, 11) is 4.10. The number of ether oxygens (including phenoxy) is 4. The highest BCUT2D eigenvalue weighted by atomic mass is 32.1. The van der Waals surface area contributed by atoms with Gasteiger partial charge in [0.1, 0.15) is 17.4 Å². The maximum atomic E-state index is 15.7. The maximum absolute atomic E-state index is 15.7.